The maximum absolute atomic E-state index is 13.0. The molecule has 17 nitrogen and oxygen atoms in total. The fraction of sp³-hybridized carbons (Fsp3) is 0.938. The van der Waals surface area contributed by atoms with Crippen LogP contribution < -0.4 is 0 Å². The monoisotopic (exact) mass is 1240 g/mol. The third kappa shape index (κ3) is 57.8. The van der Waals surface area contributed by atoms with Gasteiger partial charge in [-0.15, -0.1) is 0 Å². The molecule has 3 N–H and O–H groups in total. The van der Waals surface area contributed by atoms with Crippen LogP contribution in [-0.4, -0.2) is 96.7 Å². The average molecular weight is 1240 g/mol. The molecule has 0 aliphatic carbocycles. The Morgan fingerprint density at radius 2 is 0.571 bits per heavy atom. The Morgan fingerprint density at radius 3 is 0.845 bits per heavy atom. The first-order chi connectivity index (χ1) is 40.6. The van der Waals surface area contributed by atoms with Crippen LogP contribution >= 0.6 is 15.6 Å². The normalized spacial score (nSPS) is 14.5. The quantitative estimate of drug-likeness (QED) is 0.0222. The minimum atomic E-state index is -4.94. The predicted molar refractivity (Wildman–Crippen MR) is 335 cm³/mol. The summed E-state index contributed by atoms with van der Waals surface area (Å²) in [6.07, 6.45) is 43.2. The fourth-order valence-electron chi connectivity index (χ4n) is 9.73. The highest BCUT2D eigenvalue weighted by Gasteiger charge is 2.30. The summed E-state index contributed by atoms with van der Waals surface area (Å²) in [6, 6.07) is 0. The van der Waals surface area contributed by atoms with Crippen molar-refractivity contribution in [1.82, 2.24) is 0 Å². The number of aliphatic hydroxyl groups excluding tert-OH is 1. The van der Waals surface area contributed by atoms with Crippen molar-refractivity contribution >= 4 is 39.5 Å². The van der Waals surface area contributed by atoms with E-state index >= 15 is 0 Å². The lowest BCUT2D eigenvalue weighted by atomic mass is 9.99. The fourth-order valence-corrected chi connectivity index (χ4v) is 11.3. The number of ether oxygens (including phenoxy) is 4. The summed E-state index contributed by atoms with van der Waals surface area (Å²) in [5.41, 5.74) is 0. The van der Waals surface area contributed by atoms with Crippen molar-refractivity contribution in [2.45, 2.75) is 348 Å². The lowest BCUT2D eigenvalue weighted by molar-refractivity contribution is -0.161. The number of carbonyl (C=O) groups excluding carboxylic acids is 4. The van der Waals surface area contributed by atoms with Crippen molar-refractivity contribution in [3.63, 3.8) is 0 Å². The number of esters is 4. The molecular formula is C65H126O17P2. The van der Waals surface area contributed by atoms with Gasteiger partial charge in [0.15, 0.2) is 12.2 Å². The van der Waals surface area contributed by atoms with Gasteiger partial charge in [-0.05, 0) is 31.6 Å². The van der Waals surface area contributed by atoms with E-state index in [1.165, 1.54) is 128 Å². The summed E-state index contributed by atoms with van der Waals surface area (Å²) >= 11 is 0. The van der Waals surface area contributed by atoms with Crippen molar-refractivity contribution in [3.8, 4) is 0 Å². The van der Waals surface area contributed by atoms with Gasteiger partial charge >= 0.3 is 39.5 Å². The van der Waals surface area contributed by atoms with Crippen molar-refractivity contribution < 1.29 is 80.2 Å². The number of hydrogen-bond acceptors (Lipinski definition) is 15. The molecular weight excluding hydrogens is 1110 g/mol. The number of carbonyl (C=O) groups is 4. The van der Waals surface area contributed by atoms with E-state index in [-0.39, 0.29) is 25.7 Å². The van der Waals surface area contributed by atoms with Crippen molar-refractivity contribution in [3.05, 3.63) is 0 Å². The van der Waals surface area contributed by atoms with E-state index < -0.39 is 97.5 Å². The SMILES string of the molecule is CCCCCCCCCCCCCCCCCCC(=O)O[C@H](COC(=O)CCCCCCCCCCCCC(C)CC)COP(=O)(O)OC[C@@H](O)COP(=O)(O)OC[C@@H](COC(=O)CCCCCCCCC)OC(=O)CCCCCCCCC. The first-order valence-corrected chi connectivity index (χ1v) is 37.2. The molecule has 0 aromatic carbocycles. The first-order valence-electron chi connectivity index (χ1n) is 34.2. The number of aliphatic hydroxyl groups is 1. The van der Waals surface area contributed by atoms with Crippen LogP contribution in [0.2, 0.25) is 0 Å². The van der Waals surface area contributed by atoms with E-state index in [2.05, 4.69) is 34.6 Å². The smallest absolute Gasteiger partial charge is 0.462 e. The second-order valence-electron chi connectivity index (χ2n) is 23.7. The average Bonchev–Trinajstić information content (AvgIpc) is 3.55. The summed E-state index contributed by atoms with van der Waals surface area (Å²) in [5, 5.41) is 10.5. The number of phosphoric acid groups is 2. The summed E-state index contributed by atoms with van der Waals surface area (Å²) < 4.78 is 67.9. The molecule has 0 bridgehead atoms. The third-order valence-corrected chi connectivity index (χ3v) is 17.3. The summed E-state index contributed by atoms with van der Waals surface area (Å²) in [6.45, 7) is 7.15. The van der Waals surface area contributed by atoms with E-state index in [0.29, 0.717) is 25.7 Å². The lowest BCUT2D eigenvalue weighted by Crippen LogP contribution is -2.30. The molecule has 498 valence electrons. The lowest BCUT2D eigenvalue weighted by Gasteiger charge is -2.21. The van der Waals surface area contributed by atoms with Gasteiger partial charge in [-0.3, -0.25) is 37.3 Å². The predicted octanol–water partition coefficient (Wildman–Crippen LogP) is 18.2. The molecule has 3 unspecified atom stereocenters. The minimum absolute atomic E-state index is 0.103. The van der Waals surface area contributed by atoms with Gasteiger partial charge in [-0.25, -0.2) is 9.13 Å². The Morgan fingerprint density at radius 1 is 0.333 bits per heavy atom. The second-order valence-corrected chi connectivity index (χ2v) is 26.7. The van der Waals surface area contributed by atoms with Crippen LogP contribution in [0, 0.1) is 5.92 Å². The molecule has 0 aromatic heterocycles. The van der Waals surface area contributed by atoms with Crippen LogP contribution in [0.5, 0.6) is 0 Å². The molecule has 0 amide bonds. The minimum Gasteiger partial charge on any atom is -0.462 e. The molecule has 84 heavy (non-hydrogen) atoms. The zero-order valence-corrected chi connectivity index (χ0v) is 55.8. The molecule has 0 aromatic rings. The van der Waals surface area contributed by atoms with Crippen LogP contribution in [0.4, 0.5) is 0 Å². The van der Waals surface area contributed by atoms with E-state index in [4.69, 9.17) is 37.0 Å². The third-order valence-electron chi connectivity index (χ3n) is 15.4. The Labute approximate surface area is 511 Å². The number of hydrogen-bond donors (Lipinski definition) is 3. The summed E-state index contributed by atoms with van der Waals surface area (Å²) in [4.78, 5) is 72.0. The van der Waals surface area contributed by atoms with E-state index in [9.17, 15) is 43.2 Å². The number of rotatable bonds is 65. The molecule has 0 saturated carbocycles. The zero-order chi connectivity index (χ0) is 62.0. The summed E-state index contributed by atoms with van der Waals surface area (Å²) in [7, 11) is -9.88. The Hall–Kier alpha value is -1.94. The summed E-state index contributed by atoms with van der Waals surface area (Å²) in [5.74, 6) is -1.33. The van der Waals surface area contributed by atoms with Crippen molar-refractivity contribution in [2.75, 3.05) is 39.6 Å². The van der Waals surface area contributed by atoms with Gasteiger partial charge in [0.1, 0.15) is 19.3 Å². The molecule has 19 heteroatoms. The van der Waals surface area contributed by atoms with Gasteiger partial charge in [0, 0.05) is 25.7 Å². The Kier molecular flexibility index (Phi) is 57.4. The highest BCUT2D eigenvalue weighted by atomic mass is 31.2. The zero-order valence-electron chi connectivity index (χ0n) is 54.0. The largest absolute Gasteiger partial charge is 0.472 e. The second kappa shape index (κ2) is 58.7. The molecule has 0 heterocycles. The van der Waals surface area contributed by atoms with Gasteiger partial charge in [-0.2, -0.15) is 0 Å². The van der Waals surface area contributed by atoms with Crippen LogP contribution in [0.1, 0.15) is 330 Å². The van der Waals surface area contributed by atoms with Crippen LogP contribution in [0.15, 0.2) is 0 Å². The topological polar surface area (TPSA) is 237 Å². The van der Waals surface area contributed by atoms with Gasteiger partial charge in [0.25, 0.3) is 0 Å². The van der Waals surface area contributed by atoms with Crippen LogP contribution in [0.25, 0.3) is 0 Å². The van der Waals surface area contributed by atoms with Gasteiger partial charge in [0.2, 0.25) is 0 Å². The molecule has 0 spiro atoms. The maximum Gasteiger partial charge on any atom is 0.472 e. The van der Waals surface area contributed by atoms with E-state index in [1.54, 1.807) is 0 Å². The molecule has 0 aliphatic rings. The van der Waals surface area contributed by atoms with Crippen LogP contribution in [-0.2, 0) is 65.4 Å². The highest BCUT2D eigenvalue weighted by Crippen LogP contribution is 2.45. The van der Waals surface area contributed by atoms with Crippen LogP contribution in [0.3, 0.4) is 0 Å². The first kappa shape index (κ1) is 82.1. The highest BCUT2D eigenvalue weighted by molar-refractivity contribution is 7.47. The Bertz CT molecular complexity index is 1640. The van der Waals surface area contributed by atoms with E-state index in [0.717, 1.165) is 121 Å². The Balaban J connectivity index is 5.17. The van der Waals surface area contributed by atoms with Gasteiger partial charge in [-0.1, -0.05) is 279 Å². The molecule has 0 fully saturated rings. The molecule has 0 aliphatic heterocycles. The standard InChI is InChI=1S/C65H126O17P2/c1-6-10-13-16-19-20-21-22-23-24-25-26-31-36-41-46-51-65(70)82-61(55-76-63(68)49-44-39-35-30-28-27-29-34-37-42-47-58(5)9-4)57-80-84(73,74)78-53-59(66)52-77-83(71,72)79-56-60(81-64(69)50-45-40-33-18-15-12-8-3)54-75-62(67)48-43-38-32-17-14-11-7-2/h58-61,66H,6-57H2,1-5H3,(H,71,72)(H,73,74)/t58?,59-,60+,61+/m0/s1. The van der Waals surface area contributed by atoms with Crippen molar-refractivity contribution in [2.24, 2.45) is 5.92 Å². The van der Waals surface area contributed by atoms with Gasteiger partial charge in [0.05, 0.1) is 26.4 Å². The molecule has 0 radical (unpaired) electrons. The molecule has 0 saturated heterocycles. The number of unbranched alkanes of at least 4 members (excludes halogenated alkanes) is 36. The maximum atomic E-state index is 13.0. The van der Waals surface area contributed by atoms with Crippen molar-refractivity contribution in [1.29, 1.82) is 0 Å². The number of phosphoric ester groups is 2. The van der Waals surface area contributed by atoms with E-state index in [1.807, 2.05) is 0 Å². The van der Waals surface area contributed by atoms with Gasteiger partial charge < -0.3 is 33.8 Å². The molecule has 6 atom stereocenters. The molecule has 0 rings (SSSR count).